The molecule has 8 nitrogen and oxygen atoms in total. The summed E-state index contributed by atoms with van der Waals surface area (Å²) in [6.07, 6.45) is 0.979. The largest absolute Gasteiger partial charge is 0.488 e. The van der Waals surface area contributed by atoms with Crippen LogP contribution < -0.4 is 9.46 Å². The van der Waals surface area contributed by atoms with E-state index in [9.17, 15) is 18.3 Å². The van der Waals surface area contributed by atoms with Crippen molar-refractivity contribution in [3.8, 4) is 5.75 Å². The van der Waals surface area contributed by atoms with Crippen molar-refractivity contribution < 1.29 is 27.8 Å². The van der Waals surface area contributed by atoms with Crippen LogP contribution in [0, 0.1) is 0 Å². The molecule has 0 radical (unpaired) electrons. The van der Waals surface area contributed by atoms with Gasteiger partial charge in [-0.05, 0) is 38.8 Å². The average molecular weight is 372 g/mol. The van der Waals surface area contributed by atoms with Crippen LogP contribution in [0.15, 0.2) is 18.2 Å². The number of hydrogen-bond donors (Lipinski definition) is 2. The van der Waals surface area contributed by atoms with E-state index in [1.807, 2.05) is 0 Å². The van der Waals surface area contributed by atoms with E-state index in [-0.39, 0.29) is 29.2 Å². The molecule has 9 heteroatoms. The number of ether oxygens (including phenoxy) is 2. The lowest BCUT2D eigenvalue weighted by Gasteiger charge is -2.30. The average Bonchev–Trinajstić information content (AvgIpc) is 2.55. The molecule has 1 saturated heterocycles. The number of nitrogens with one attached hydrogen (secondary N) is 1. The van der Waals surface area contributed by atoms with Crippen LogP contribution in [0.25, 0.3) is 0 Å². The molecule has 0 amide bonds. The van der Waals surface area contributed by atoms with Crippen molar-refractivity contribution in [3.63, 3.8) is 0 Å². The van der Waals surface area contributed by atoms with Crippen LogP contribution in [0.3, 0.4) is 0 Å². The van der Waals surface area contributed by atoms with Crippen molar-refractivity contribution in [2.45, 2.75) is 38.9 Å². The molecule has 1 aromatic carbocycles. The molecule has 0 aliphatic carbocycles. The normalized spacial score (nSPS) is 16.8. The summed E-state index contributed by atoms with van der Waals surface area (Å²) in [5.41, 5.74) is 0.0226. The fraction of sp³-hybridized carbons (Fsp3) is 0.562. The number of methoxy groups -OCH3 is 1. The summed E-state index contributed by atoms with van der Waals surface area (Å²) in [6, 6.07) is 4.34. The maximum absolute atomic E-state index is 12.6. The Morgan fingerprint density at radius 1 is 1.32 bits per heavy atom. The first-order chi connectivity index (χ1) is 11.7. The number of nitrogens with zero attached hydrogens (tertiary/aromatic N) is 1. The Morgan fingerprint density at radius 3 is 2.48 bits per heavy atom. The molecule has 1 aromatic rings. The summed E-state index contributed by atoms with van der Waals surface area (Å²) in [5, 5.41) is 9.32. The Balaban J connectivity index is 2.26. The molecule has 0 bridgehead atoms. The van der Waals surface area contributed by atoms with Crippen LogP contribution in [0.4, 0.5) is 5.69 Å². The van der Waals surface area contributed by atoms with Gasteiger partial charge < -0.3 is 14.6 Å². The fourth-order valence-corrected chi connectivity index (χ4v) is 3.92. The van der Waals surface area contributed by atoms with Crippen LogP contribution in [0.5, 0.6) is 5.75 Å². The third kappa shape index (κ3) is 4.83. The molecular weight excluding hydrogens is 348 g/mol. The monoisotopic (exact) mass is 372 g/mol. The van der Waals surface area contributed by atoms with Gasteiger partial charge in [0.2, 0.25) is 0 Å². The minimum absolute atomic E-state index is 0.0142. The van der Waals surface area contributed by atoms with Gasteiger partial charge in [-0.25, -0.2) is 4.79 Å². The highest BCUT2D eigenvalue weighted by Gasteiger charge is 2.29. The van der Waals surface area contributed by atoms with Crippen molar-refractivity contribution in [2.24, 2.45) is 0 Å². The molecule has 140 valence electrons. The van der Waals surface area contributed by atoms with E-state index in [0.29, 0.717) is 25.9 Å². The van der Waals surface area contributed by atoms with Crippen molar-refractivity contribution in [1.29, 1.82) is 0 Å². The number of para-hydroxylation sites is 1. The molecule has 1 aliphatic heterocycles. The highest BCUT2D eigenvalue weighted by atomic mass is 32.2. The molecule has 2 N–H and O–H groups in total. The van der Waals surface area contributed by atoms with E-state index >= 15 is 0 Å². The minimum Gasteiger partial charge on any atom is -0.488 e. The van der Waals surface area contributed by atoms with Crippen molar-refractivity contribution in [3.05, 3.63) is 23.8 Å². The molecule has 1 aliphatic rings. The fourth-order valence-electron chi connectivity index (χ4n) is 2.66. The Labute approximate surface area is 147 Å². The molecule has 25 heavy (non-hydrogen) atoms. The van der Waals surface area contributed by atoms with Crippen LogP contribution >= 0.6 is 0 Å². The molecule has 1 fully saturated rings. The predicted octanol–water partition coefficient (Wildman–Crippen LogP) is 1.94. The lowest BCUT2D eigenvalue weighted by atomic mass is 10.1. The number of hydrogen-bond acceptors (Lipinski definition) is 5. The van der Waals surface area contributed by atoms with E-state index in [0.717, 1.165) is 0 Å². The SMILES string of the molecule is COC1CCN(S(=O)(=O)Nc2cccc(C(=O)O)c2OC(C)C)CC1. The second-order valence-corrected chi connectivity index (χ2v) is 7.77. The first-order valence-corrected chi connectivity index (χ1v) is 9.52. The quantitative estimate of drug-likeness (QED) is 0.758. The zero-order valence-corrected chi connectivity index (χ0v) is 15.4. The van der Waals surface area contributed by atoms with Gasteiger partial charge in [0.05, 0.1) is 17.9 Å². The lowest BCUT2D eigenvalue weighted by Crippen LogP contribution is -2.43. The number of rotatable bonds is 7. The van der Waals surface area contributed by atoms with Crippen LogP contribution in [0.2, 0.25) is 0 Å². The summed E-state index contributed by atoms with van der Waals surface area (Å²) in [4.78, 5) is 11.4. The highest BCUT2D eigenvalue weighted by molar-refractivity contribution is 7.90. The Hall–Kier alpha value is -1.84. The maximum atomic E-state index is 12.6. The molecule has 0 saturated carbocycles. The topological polar surface area (TPSA) is 105 Å². The van der Waals surface area contributed by atoms with Gasteiger partial charge in [0.25, 0.3) is 0 Å². The molecule has 1 heterocycles. The number of carboxylic acid groups (broad SMARTS) is 1. The number of anilines is 1. The number of carboxylic acids is 1. The first kappa shape index (κ1) is 19.5. The summed E-state index contributed by atoms with van der Waals surface area (Å²) in [5.74, 6) is -1.17. The molecule has 2 rings (SSSR count). The van der Waals surface area contributed by atoms with Gasteiger partial charge in [0, 0.05) is 20.2 Å². The van der Waals surface area contributed by atoms with E-state index in [4.69, 9.17) is 9.47 Å². The second-order valence-electron chi connectivity index (χ2n) is 6.10. The predicted molar refractivity (Wildman–Crippen MR) is 93.3 cm³/mol. The summed E-state index contributed by atoms with van der Waals surface area (Å²) < 4.78 is 39.9. The number of piperidine rings is 1. The highest BCUT2D eigenvalue weighted by Crippen LogP contribution is 2.31. The summed E-state index contributed by atoms with van der Waals surface area (Å²) in [6.45, 7) is 4.17. The summed E-state index contributed by atoms with van der Waals surface area (Å²) in [7, 11) is -2.20. The lowest BCUT2D eigenvalue weighted by molar-refractivity contribution is 0.0605. The van der Waals surface area contributed by atoms with Crippen molar-refractivity contribution in [1.82, 2.24) is 4.31 Å². The molecule has 0 spiro atoms. The van der Waals surface area contributed by atoms with E-state index in [1.54, 1.807) is 21.0 Å². The van der Waals surface area contributed by atoms with Gasteiger partial charge in [-0.3, -0.25) is 4.72 Å². The van der Waals surface area contributed by atoms with E-state index in [1.165, 1.54) is 22.5 Å². The van der Waals surface area contributed by atoms with Gasteiger partial charge in [-0.1, -0.05) is 6.07 Å². The van der Waals surface area contributed by atoms with Gasteiger partial charge in [0.15, 0.2) is 5.75 Å². The third-order valence-electron chi connectivity index (χ3n) is 3.91. The van der Waals surface area contributed by atoms with Crippen molar-refractivity contribution >= 4 is 21.9 Å². The molecule has 0 aromatic heterocycles. The Kier molecular flexibility index (Phi) is 6.26. The van der Waals surface area contributed by atoms with Gasteiger partial charge in [-0.2, -0.15) is 12.7 Å². The third-order valence-corrected chi connectivity index (χ3v) is 5.43. The molecule has 0 unspecified atom stereocenters. The Morgan fingerprint density at radius 2 is 1.96 bits per heavy atom. The minimum atomic E-state index is -3.81. The number of benzene rings is 1. The van der Waals surface area contributed by atoms with Crippen LogP contribution in [-0.4, -0.2) is 56.2 Å². The van der Waals surface area contributed by atoms with Gasteiger partial charge in [-0.15, -0.1) is 0 Å². The van der Waals surface area contributed by atoms with Crippen LogP contribution in [-0.2, 0) is 14.9 Å². The van der Waals surface area contributed by atoms with Crippen LogP contribution in [0.1, 0.15) is 37.0 Å². The van der Waals surface area contributed by atoms with Gasteiger partial charge >= 0.3 is 16.2 Å². The first-order valence-electron chi connectivity index (χ1n) is 8.08. The summed E-state index contributed by atoms with van der Waals surface area (Å²) >= 11 is 0. The maximum Gasteiger partial charge on any atom is 0.339 e. The molecule has 0 atom stereocenters. The molecular formula is C16H24N2O6S. The number of carbonyl (C=O) groups is 1. The zero-order valence-electron chi connectivity index (χ0n) is 14.6. The standard InChI is InChI=1S/C16H24N2O6S/c1-11(2)24-15-13(16(19)20)5-4-6-14(15)17-25(21,22)18-9-7-12(23-3)8-10-18/h4-6,11-12,17H,7-10H2,1-3H3,(H,19,20). The number of aromatic carboxylic acids is 1. The smallest absolute Gasteiger partial charge is 0.339 e. The Bertz CT molecular complexity index is 711. The van der Waals surface area contributed by atoms with Gasteiger partial charge in [0.1, 0.15) is 5.56 Å². The van der Waals surface area contributed by atoms with E-state index < -0.39 is 16.2 Å². The second kappa shape index (κ2) is 8.03. The van der Waals surface area contributed by atoms with Crippen molar-refractivity contribution in [2.75, 3.05) is 24.9 Å². The zero-order chi connectivity index (χ0) is 18.6. The van der Waals surface area contributed by atoms with E-state index in [2.05, 4.69) is 4.72 Å².